The molecule has 1 rings (SSSR count). The van der Waals surface area contributed by atoms with Gasteiger partial charge in [0.25, 0.3) is 0 Å². The van der Waals surface area contributed by atoms with Gasteiger partial charge in [-0.15, -0.1) is 11.3 Å². The maximum Gasteiger partial charge on any atom is 0.330 e. The average molecular weight is 300 g/mol. The van der Waals surface area contributed by atoms with Crippen LogP contribution in [0.25, 0.3) is 0 Å². The number of ether oxygens (including phenoxy) is 1. The molecule has 110 valence electrons. The van der Waals surface area contributed by atoms with Gasteiger partial charge in [-0.3, -0.25) is 0 Å². The molecule has 1 heterocycles. The first-order chi connectivity index (χ1) is 8.86. The largest absolute Gasteiger partial charge is 0.368 e. The minimum atomic E-state index is -4.13. The van der Waals surface area contributed by atoms with Gasteiger partial charge in [-0.2, -0.15) is 8.78 Å². The highest BCUT2D eigenvalue weighted by molar-refractivity contribution is 7.09. The van der Waals surface area contributed by atoms with E-state index in [9.17, 15) is 17.6 Å². The lowest BCUT2D eigenvalue weighted by Crippen LogP contribution is -2.32. The number of thiazole rings is 1. The van der Waals surface area contributed by atoms with Crippen molar-refractivity contribution < 1.29 is 22.3 Å². The van der Waals surface area contributed by atoms with Gasteiger partial charge in [-0.1, -0.05) is 13.3 Å². The lowest BCUT2D eigenvalue weighted by molar-refractivity contribution is -0.168. The third kappa shape index (κ3) is 5.04. The monoisotopic (exact) mass is 300 g/mol. The molecule has 0 aliphatic rings. The summed E-state index contributed by atoms with van der Waals surface area (Å²) >= 11 is 1.21. The molecule has 0 bridgehead atoms. The highest BCUT2D eigenvalue weighted by Gasteiger charge is 2.40. The second-order valence-electron chi connectivity index (χ2n) is 4.12. The first kappa shape index (κ1) is 16.3. The summed E-state index contributed by atoms with van der Waals surface area (Å²) in [5, 5.41) is 2.18. The third-order valence-electron chi connectivity index (χ3n) is 2.39. The summed E-state index contributed by atoms with van der Waals surface area (Å²) in [6, 6.07) is -0.197. The number of alkyl halides is 4. The summed E-state index contributed by atoms with van der Waals surface area (Å²) in [5.41, 5.74) is 6.51. The Morgan fingerprint density at radius 3 is 2.74 bits per heavy atom. The van der Waals surface area contributed by atoms with E-state index in [1.807, 2.05) is 6.92 Å². The van der Waals surface area contributed by atoms with Crippen LogP contribution in [0.15, 0.2) is 5.38 Å². The predicted octanol–water partition coefficient (Wildman–Crippen LogP) is 3.36. The Bertz CT molecular complexity index is 387. The number of hydrogen-bond acceptors (Lipinski definition) is 4. The zero-order chi connectivity index (χ0) is 14.5. The van der Waals surface area contributed by atoms with Gasteiger partial charge >= 0.3 is 12.3 Å². The molecule has 1 unspecified atom stereocenters. The maximum absolute atomic E-state index is 12.6. The molecule has 2 N–H and O–H groups in total. The Labute approximate surface area is 112 Å². The molecule has 0 aliphatic carbocycles. The van der Waals surface area contributed by atoms with E-state index in [-0.39, 0.29) is 12.6 Å². The molecule has 1 aromatic rings. The summed E-state index contributed by atoms with van der Waals surface area (Å²) in [6.07, 6.45) is -2.05. The van der Waals surface area contributed by atoms with Crippen LogP contribution in [0.2, 0.25) is 0 Å². The smallest absolute Gasteiger partial charge is 0.330 e. The Kier molecular flexibility index (Phi) is 6.15. The zero-order valence-electron chi connectivity index (χ0n) is 10.4. The van der Waals surface area contributed by atoms with E-state index in [0.717, 1.165) is 12.8 Å². The van der Waals surface area contributed by atoms with Crippen molar-refractivity contribution in [1.82, 2.24) is 4.98 Å². The average Bonchev–Trinajstić information content (AvgIpc) is 2.77. The minimum Gasteiger partial charge on any atom is -0.368 e. The SMILES string of the molecule is CCCC(N)c1csc(COCC(F)(F)C(F)F)n1. The molecule has 0 amide bonds. The summed E-state index contributed by atoms with van der Waals surface area (Å²) in [6.45, 7) is 0.453. The fourth-order valence-electron chi connectivity index (χ4n) is 1.36. The first-order valence-electron chi connectivity index (χ1n) is 5.80. The van der Waals surface area contributed by atoms with Crippen LogP contribution in [-0.2, 0) is 11.3 Å². The van der Waals surface area contributed by atoms with Gasteiger partial charge in [0.05, 0.1) is 12.3 Å². The van der Waals surface area contributed by atoms with E-state index < -0.39 is 19.0 Å². The van der Waals surface area contributed by atoms with Crippen LogP contribution < -0.4 is 5.73 Å². The molecule has 0 aliphatic heterocycles. The van der Waals surface area contributed by atoms with E-state index >= 15 is 0 Å². The summed E-state index contributed by atoms with van der Waals surface area (Å²) in [5.74, 6) is -4.13. The number of aromatic nitrogens is 1. The minimum absolute atomic E-state index is 0.197. The molecular weight excluding hydrogens is 284 g/mol. The highest BCUT2D eigenvalue weighted by Crippen LogP contribution is 2.24. The number of halogens is 4. The van der Waals surface area contributed by atoms with E-state index in [1.165, 1.54) is 11.3 Å². The van der Waals surface area contributed by atoms with Gasteiger partial charge in [0.15, 0.2) is 0 Å². The van der Waals surface area contributed by atoms with Crippen molar-refractivity contribution in [2.75, 3.05) is 6.61 Å². The normalized spacial score (nSPS) is 14.1. The summed E-state index contributed by atoms with van der Waals surface area (Å²) < 4.78 is 53.5. The lowest BCUT2D eigenvalue weighted by Gasteiger charge is -2.14. The van der Waals surface area contributed by atoms with Crippen LogP contribution in [0, 0.1) is 0 Å². The summed E-state index contributed by atoms with van der Waals surface area (Å²) in [4.78, 5) is 4.13. The molecular formula is C11H16F4N2OS. The second kappa shape index (κ2) is 7.16. The molecule has 0 aromatic carbocycles. The lowest BCUT2D eigenvalue weighted by atomic mass is 10.1. The van der Waals surface area contributed by atoms with E-state index in [2.05, 4.69) is 9.72 Å². The standard InChI is InChI=1S/C11H16F4N2OS/c1-2-3-7(16)8-5-19-9(17-8)4-18-6-11(14,15)10(12)13/h5,7,10H,2-4,6,16H2,1H3. The van der Waals surface area contributed by atoms with Crippen molar-refractivity contribution in [3.63, 3.8) is 0 Å². The van der Waals surface area contributed by atoms with Gasteiger partial charge in [-0.05, 0) is 6.42 Å². The molecule has 3 nitrogen and oxygen atoms in total. The van der Waals surface area contributed by atoms with Gasteiger partial charge in [0.2, 0.25) is 0 Å². The van der Waals surface area contributed by atoms with Crippen LogP contribution in [0.5, 0.6) is 0 Å². The molecule has 1 atom stereocenters. The number of hydrogen-bond donors (Lipinski definition) is 1. The van der Waals surface area contributed by atoms with Crippen LogP contribution in [-0.4, -0.2) is 23.9 Å². The fourth-order valence-corrected chi connectivity index (χ4v) is 2.15. The molecule has 1 aromatic heterocycles. The van der Waals surface area contributed by atoms with Gasteiger partial charge in [0, 0.05) is 11.4 Å². The highest BCUT2D eigenvalue weighted by atomic mass is 32.1. The van der Waals surface area contributed by atoms with E-state index in [4.69, 9.17) is 5.73 Å². The Morgan fingerprint density at radius 1 is 1.47 bits per heavy atom. The Hall–Kier alpha value is -0.730. The topological polar surface area (TPSA) is 48.1 Å². The predicted molar refractivity (Wildman–Crippen MR) is 64.6 cm³/mol. The Balaban J connectivity index is 2.42. The van der Waals surface area contributed by atoms with E-state index in [0.29, 0.717) is 10.7 Å². The number of nitrogens with two attached hydrogens (primary N) is 1. The summed E-state index contributed by atoms with van der Waals surface area (Å²) in [7, 11) is 0. The molecule has 0 spiro atoms. The van der Waals surface area contributed by atoms with Crippen molar-refractivity contribution in [1.29, 1.82) is 0 Å². The quantitative estimate of drug-likeness (QED) is 0.749. The van der Waals surface area contributed by atoms with Crippen molar-refractivity contribution in [2.24, 2.45) is 5.73 Å². The molecule has 0 saturated carbocycles. The van der Waals surface area contributed by atoms with Gasteiger partial charge in [0.1, 0.15) is 11.6 Å². The first-order valence-corrected chi connectivity index (χ1v) is 6.68. The maximum atomic E-state index is 12.6. The number of nitrogens with zero attached hydrogens (tertiary/aromatic N) is 1. The van der Waals surface area contributed by atoms with Crippen molar-refractivity contribution in [3.05, 3.63) is 16.1 Å². The van der Waals surface area contributed by atoms with Gasteiger partial charge < -0.3 is 10.5 Å². The second-order valence-corrected chi connectivity index (χ2v) is 5.06. The van der Waals surface area contributed by atoms with Gasteiger partial charge in [-0.25, -0.2) is 13.8 Å². The van der Waals surface area contributed by atoms with E-state index in [1.54, 1.807) is 5.38 Å². The molecule has 19 heavy (non-hydrogen) atoms. The van der Waals surface area contributed by atoms with Crippen LogP contribution in [0.1, 0.15) is 36.5 Å². The molecule has 0 radical (unpaired) electrons. The van der Waals surface area contributed by atoms with Crippen molar-refractivity contribution in [2.45, 2.75) is 44.8 Å². The Morgan fingerprint density at radius 2 is 2.16 bits per heavy atom. The third-order valence-corrected chi connectivity index (χ3v) is 3.23. The molecule has 0 fully saturated rings. The van der Waals surface area contributed by atoms with Crippen LogP contribution >= 0.6 is 11.3 Å². The van der Waals surface area contributed by atoms with Crippen LogP contribution in [0.3, 0.4) is 0 Å². The fraction of sp³-hybridized carbons (Fsp3) is 0.727. The van der Waals surface area contributed by atoms with Crippen LogP contribution in [0.4, 0.5) is 17.6 Å². The van der Waals surface area contributed by atoms with Crippen molar-refractivity contribution in [3.8, 4) is 0 Å². The number of rotatable bonds is 8. The molecule has 0 saturated heterocycles. The van der Waals surface area contributed by atoms with Crippen molar-refractivity contribution >= 4 is 11.3 Å². The molecule has 8 heteroatoms. The zero-order valence-corrected chi connectivity index (χ0v) is 11.2.